The van der Waals surface area contributed by atoms with Crippen LogP contribution in [-0.2, 0) is 15.6 Å². The molecule has 0 aromatic heterocycles. The van der Waals surface area contributed by atoms with Crippen LogP contribution in [0.5, 0.6) is 0 Å². The normalized spacial score (nSPS) is 13.5. The van der Waals surface area contributed by atoms with E-state index >= 15 is 0 Å². The van der Waals surface area contributed by atoms with Gasteiger partial charge in [0, 0.05) is 6.54 Å². The third kappa shape index (κ3) is 5.57. The first-order valence-corrected chi connectivity index (χ1v) is 12.4. The van der Waals surface area contributed by atoms with Gasteiger partial charge in [-0.2, -0.15) is 4.72 Å². The molecule has 0 heterocycles. The van der Waals surface area contributed by atoms with Gasteiger partial charge in [-0.05, 0) is 35.7 Å². The van der Waals surface area contributed by atoms with Gasteiger partial charge in [-0.3, -0.25) is 0 Å². The third-order valence-corrected chi connectivity index (χ3v) is 7.36. The standard InChI is InChI=1S/C28H28N2O2S/c1-28(25-18-10-4-11-19-25,30-33(31,32)26-20-12-5-13-21-26)22-29-27(23-14-6-2-7-15-23)24-16-8-3-9-17-24/h2-21,27,29-30H,22H2,1H3. The average Bonchev–Trinajstić information content (AvgIpc) is 2.86. The molecule has 0 aliphatic carbocycles. The monoisotopic (exact) mass is 456 g/mol. The van der Waals surface area contributed by atoms with Crippen molar-refractivity contribution in [3.05, 3.63) is 138 Å². The van der Waals surface area contributed by atoms with E-state index in [1.807, 2.05) is 73.7 Å². The van der Waals surface area contributed by atoms with Crippen molar-refractivity contribution in [2.45, 2.75) is 23.4 Å². The van der Waals surface area contributed by atoms with Crippen LogP contribution in [0.2, 0.25) is 0 Å². The molecule has 4 rings (SSSR count). The molecule has 4 nitrogen and oxygen atoms in total. The maximum absolute atomic E-state index is 13.3. The molecule has 4 aromatic rings. The Morgan fingerprint density at radius 3 is 1.58 bits per heavy atom. The number of hydrogen-bond donors (Lipinski definition) is 2. The molecule has 0 aliphatic heterocycles. The van der Waals surface area contributed by atoms with Crippen LogP contribution in [0, 0.1) is 0 Å². The van der Waals surface area contributed by atoms with Gasteiger partial charge < -0.3 is 5.32 Å². The van der Waals surface area contributed by atoms with Crippen LogP contribution < -0.4 is 10.0 Å². The fraction of sp³-hybridized carbons (Fsp3) is 0.143. The zero-order valence-corrected chi connectivity index (χ0v) is 19.4. The van der Waals surface area contributed by atoms with Crippen molar-refractivity contribution in [3.63, 3.8) is 0 Å². The van der Waals surface area contributed by atoms with E-state index in [0.717, 1.165) is 16.7 Å². The van der Waals surface area contributed by atoms with Crippen molar-refractivity contribution in [2.24, 2.45) is 0 Å². The maximum Gasteiger partial charge on any atom is 0.241 e. The van der Waals surface area contributed by atoms with Crippen molar-refractivity contribution >= 4 is 10.0 Å². The highest BCUT2D eigenvalue weighted by atomic mass is 32.2. The molecular formula is C28H28N2O2S. The van der Waals surface area contributed by atoms with Crippen LogP contribution in [0.3, 0.4) is 0 Å². The van der Waals surface area contributed by atoms with Crippen LogP contribution in [0.4, 0.5) is 0 Å². The Balaban J connectivity index is 1.68. The van der Waals surface area contributed by atoms with Crippen molar-refractivity contribution in [2.75, 3.05) is 6.54 Å². The Morgan fingerprint density at radius 1 is 0.667 bits per heavy atom. The van der Waals surface area contributed by atoms with Crippen molar-refractivity contribution in [1.29, 1.82) is 0 Å². The Bertz CT molecular complexity index is 1210. The van der Waals surface area contributed by atoms with E-state index in [1.165, 1.54) is 0 Å². The molecule has 0 bridgehead atoms. The summed E-state index contributed by atoms with van der Waals surface area (Å²) in [6, 6.07) is 38.5. The van der Waals surface area contributed by atoms with Gasteiger partial charge in [0.05, 0.1) is 16.5 Å². The minimum atomic E-state index is -3.73. The molecule has 0 fully saturated rings. The lowest BCUT2D eigenvalue weighted by Gasteiger charge is -2.33. The quantitative estimate of drug-likeness (QED) is 0.361. The minimum absolute atomic E-state index is 0.0864. The zero-order chi connectivity index (χ0) is 23.2. The second-order valence-corrected chi connectivity index (χ2v) is 9.93. The van der Waals surface area contributed by atoms with Gasteiger partial charge in [0.25, 0.3) is 0 Å². The molecule has 0 radical (unpaired) electrons. The molecule has 1 atom stereocenters. The molecule has 0 aliphatic rings. The fourth-order valence-corrected chi connectivity index (χ4v) is 5.40. The molecule has 0 spiro atoms. The molecule has 1 unspecified atom stereocenters. The number of rotatable bonds is 9. The Kier molecular flexibility index (Phi) is 7.04. The van der Waals surface area contributed by atoms with Gasteiger partial charge >= 0.3 is 0 Å². The van der Waals surface area contributed by atoms with E-state index in [1.54, 1.807) is 30.3 Å². The van der Waals surface area contributed by atoms with E-state index in [2.05, 4.69) is 34.3 Å². The predicted molar refractivity (Wildman–Crippen MR) is 133 cm³/mol. The van der Waals surface area contributed by atoms with Crippen LogP contribution in [0.25, 0.3) is 0 Å². The van der Waals surface area contributed by atoms with Crippen LogP contribution in [0.1, 0.15) is 29.7 Å². The lowest BCUT2D eigenvalue weighted by Crippen LogP contribution is -2.50. The molecule has 5 heteroatoms. The zero-order valence-electron chi connectivity index (χ0n) is 18.6. The third-order valence-electron chi connectivity index (χ3n) is 5.75. The van der Waals surface area contributed by atoms with Gasteiger partial charge in [0.1, 0.15) is 0 Å². The van der Waals surface area contributed by atoms with E-state index in [4.69, 9.17) is 0 Å². The fourth-order valence-electron chi connectivity index (χ4n) is 3.98. The highest BCUT2D eigenvalue weighted by Crippen LogP contribution is 2.27. The van der Waals surface area contributed by atoms with E-state index in [9.17, 15) is 8.42 Å². The second kappa shape index (κ2) is 10.1. The van der Waals surface area contributed by atoms with E-state index in [-0.39, 0.29) is 10.9 Å². The second-order valence-electron chi connectivity index (χ2n) is 8.25. The molecule has 168 valence electrons. The number of hydrogen-bond acceptors (Lipinski definition) is 3. The van der Waals surface area contributed by atoms with Gasteiger partial charge in [-0.15, -0.1) is 0 Å². The summed E-state index contributed by atoms with van der Waals surface area (Å²) in [7, 11) is -3.73. The lowest BCUT2D eigenvalue weighted by atomic mass is 9.91. The highest BCUT2D eigenvalue weighted by molar-refractivity contribution is 7.89. The maximum atomic E-state index is 13.3. The summed E-state index contributed by atoms with van der Waals surface area (Å²) in [6.07, 6.45) is 0. The summed E-state index contributed by atoms with van der Waals surface area (Å²) in [5, 5.41) is 3.64. The van der Waals surface area contributed by atoms with Gasteiger partial charge in [-0.25, -0.2) is 8.42 Å². The van der Waals surface area contributed by atoms with Crippen molar-refractivity contribution in [3.8, 4) is 0 Å². The minimum Gasteiger partial charge on any atom is -0.304 e. The van der Waals surface area contributed by atoms with E-state index < -0.39 is 15.6 Å². The smallest absolute Gasteiger partial charge is 0.241 e. The largest absolute Gasteiger partial charge is 0.304 e. The van der Waals surface area contributed by atoms with Crippen LogP contribution in [-0.4, -0.2) is 15.0 Å². The Morgan fingerprint density at radius 2 is 1.09 bits per heavy atom. The number of nitrogens with one attached hydrogen (secondary N) is 2. The number of benzene rings is 4. The van der Waals surface area contributed by atoms with E-state index in [0.29, 0.717) is 6.54 Å². The molecule has 4 aromatic carbocycles. The van der Waals surface area contributed by atoms with Gasteiger partial charge in [0.15, 0.2) is 0 Å². The van der Waals surface area contributed by atoms with Gasteiger partial charge in [-0.1, -0.05) is 109 Å². The van der Waals surface area contributed by atoms with Gasteiger partial charge in [0.2, 0.25) is 10.0 Å². The first-order valence-electron chi connectivity index (χ1n) is 11.0. The van der Waals surface area contributed by atoms with Crippen LogP contribution >= 0.6 is 0 Å². The Hall–Kier alpha value is -3.25. The summed E-state index contributed by atoms with van der Waals surface area (Å²) in [5.74, 6) is 0. The summed E-state index contributed by atoms with van der Waals surface area (Å²) >= 11 is 0. The first-order chi connectivity index (χ1) is 16.0. The first kappa shape index (κ1) is 22.9. The van der Waals surface area contributed by atoms with Crippen molar-refractivity contribution in [1.82, 2.24) is 10.0 Å². The SMILES string of the molecule is CC(CNC(c1ccccc1)c1ccccc1)(NS(=O)(=O)c1ccccc1)c1ccccc1. The predicted octanol–water partition coefficient (Wildman–Crippen LogP) is 5.26. The molecule has 2 N–H and O–H groups in total. The average molecular weight is 457 g/mol. The summed E-state index contributed by atoms with van der Waals surface area (Å²) < 4.78 is 29.5. The van der Waals surface area contributed by atoms with Crippen LogP contribution in [0.15, 0.2) is 126 Å². The summed E-state index contributed by atoms with van der Waals surface area (Å²) in [5.41, 5.74) is 2.24. The summed E-state index contributed by atoms with van der Waals surface area (Å²) in [4.78, 5) is 0.245. The molecule has 0 saturated heterocycles. The molecule has 0 saturated carbocycles. The highest BCUT2D eigenvalue weighted by Gasteiger charge is 2.33. The number of sulfonamides is 1. The molecule has 0 amide bonds. The Labute approximate surface area is 196 Å². The molecular weight excluding hydrogens is 428 g/mol. The van der Waals surface area contributed by atoms with Crippen molar-refractivity contribution < 1.29 is 8.42 Å². The lowest BCUT2D eigenvalue weighted by molar-refractivity contribution is 0.385. The molecule has 33 heavy (non-hydrogen) atoms. The topological polar surface area (TPSA) is 58.2 Å². The summed E-state index contributed by atoms with van der Waals surface area (Å²) in [6.45, 7) is 2.31.